The van der Waals surface area contributed by atoms with Crippen LogP contribution in [-0.4, -0.2) is 43.0 Å². The lowest BCUT2D eigenvalue weighted by Crippen LogP contribution is -2.35. The van der Waals surface area contributed by atoms with Gasteiger partial charge in [0.25, 0.3) is 0 Å². The Labute approximate surface area is 155 Å². The number of hydrogen-bond donors (Lipinski definition) is 0. The zero-order valence-corrected chi connectivity index (χ0v) is 14.2. The highest BCUT2D eigenvalue weighted by Crippen LogP contribution is 2.28. The van der Waals surface area contributed by atoms with Crippen LogP contribution in [0.4, 0.5) is 4.39 Å². The monoisotopic (exact) mass is 369 g/mol. The molecule has 1 aliphatic heterocycles. The smallest absolute Gasteiger partial charge is 0.338 e. The average Bonchev–Trinajstić information content (AvgIpc) is 3.02. The van der Waals surface area contributed by atoms with Crippen LogP contribution in [0.25, 0.3) is 0 Å². The van der Waals surface area contributed by atoms with E-state index in [9.17, 15) is 19.2 Å². The molecule has 27 heavy (non-hydrogen) atoms. The van der Waals surface area contributed by atoms with Gasteiger partial charge < -0.3 is 14.2 Å². The summed E-state index contributed by atoms with van der Waals surface area (Å²) in [6, 6.07) is 18.0. The highest BCUT2D eigenvalue weighted by Gasteiger charge is 2.48. The fourth-order valence-corrected chi connectivity index (χ4v) is 2.66. The van der Waals surface area contributed by atoms with Crippen molar-refractivity contribution in [3.8, 4) is 6.07 Å². The molecule has 0 aromatic heterocycles. The van der Waals surface area contributed by atoms with Crippen LogP contribution >= 0.6 is 0 Å². The van der Waals surface area contributed by atoms with Crippen molar-refractivity contribution < 1.29 is 28.2 Å². The van der Waals surface area contributed by atoms with Crippen molar-refractivity contribution in [1.82, 2.24) is 0 Å². The molecular formula is C20H16FNO5. The Balaban J connectivity index is 1.61. The maximum absolute atomic E-state index is 14.7. The van der Waals surface area contributed by atoms with Crippen LogP contribution in [0.1, 0.15) is 20.7 Å². The van der Waals surface area contributed by atoms with Crippen molar-refractivity contribution in [3.05, 3.63) is 71.8 Å². The van der Waals surface area contributed by atoms with Crippen LogP contribution in [0.15, 0.2) is 60.7 Å². The molecule has 0 aliphatic carbocycles. The van der Waals surface area contributed by atoms with Gasteiger partial charge in [0.05, 0.1) is 17.2 Å². The molecule has 0 N–H and O–H groups in total. The number of halogens is 1. The van der Waals surface area contributed by atoms with Crippen molar-refractivity contribution in [2.75, 3.05) is 6.61 Å². The Bertz CT molecular complexity index is 836. The van der Waals surface area contributed by atoms with Gasteiger partial charge in [-0.3, -0.25) is 0 Å². The van der Waals surface area contributed by atoms with E-state index in [4.69, 9.17) is 14.2 Å². The van der Waals surface area contributed by atoms with Crippen molar-refractivity contribution in [2.24, 2.45) is 0 Å². The van der Waals surface area contributed by atoms with Crippen LogP contribution in [0.2, 0.25) is 0 Å². The summed E-state index contributed by atoms with van der Waals surface area (Å²) in [5.74, 6) is -1.39. The lowest BCUT2D eigenvalue weighted by molar-refractivity contribution is -0.0107. The lowest BCUT2D eigenvalue weighted by atomic mass is 10.1. The highest BCUT2D eigenvalue weighted by molar-refractivity contribution is 5.90. The van der Waals surface area contributed by atoms with Gasteiger partial charge in [-0.15, -0.1) is 0 Å². The second kappa shape index (κ2) is 8.43. The molecule has 1 heterocycles. The normalized spacial score (nSPS) is 24.0. The summed E-state index contributed by atoms with van der Waals surface area (Å²) in [7, 11) is 0. The van der Waals surface area contributed by atoms with Crippen LogP contribution < -0.4 is 0 Å². The molecule has 3 rings (SSSR count). The van der Waals surface area contributed by atoms with Gasteiger partial charge in [0.15, 0.2) is 18.4 Å². The minimum Gasteiger partial charge on any atom is -0.459 e. The molecule has 0 radical (unpaired) electrons. The van der Waals surface area contributed by atoms with E-state index in [1.165, 1.54) is 12.1 Å². The van der Waals surface area contributed by atoms with E-state index < -0.39 is 43.0 Å². The Kier molecular flexibility index (Phi) is 5.79. The molecule has 1 fully saturated rings. The molecule has 6 nitrogen and oxygen atoms in total. The first-order valence-corrected chi connectivity index (χ1v) is 8.27. The van der Waals surface area contributed by atoms with E-state index in [0.29, 0.717) is 5.56 Å². The number of benzene rings is 2. The van der Waals surface area contributed by atoms with Crippen LogP contribution in [0.3, 0.4) is 0 Å². The second-order valence-electron chi connectivity index (χ2n) is 5.87. The molecule has 1 saturated heterocycles. The highest BCUT2D eigenvalue weighted by atomic mass is 19.1. The Morgan fingerprint density at radius 2 is 1.56 bits per heavy atom. The van der Waals surface area contributed by atoms with Crippen LogP contribution in [0, 0.1) is 11.3 Å². The van der Waals surface area contributed by atoms with Gasteiger partial charge >= 0.3 is 11.9 Å². The standard InChI is InChI=1S/C20H16FNO5/c21-17-16(12-25-19(23)13-7-3-1-4-8-13)26-15(11-22)18(17)27-20(24)14-9-5-2-6-10-14/h1-10,15-18H,12H2/t15-,16+,17-,18-/m0/s1. The number of nitrogens with zero attached hydrogens (tertiary/aromatic N) is 1. The van der Waals surface area contributed by atoms with Gasteiger partial charge in [0, 0.05) is 0 Å². The van der Waals surface area contributed by atoms with Gasteiger partial charge in [0.2, 0.25) is 0 Å². The third-order valence-corrected chi connectivity index (χ3v) is 4.06. The predicted octanol–water partition coefficient (Wildman–Crippen LogP) is 2.70. The third kappa shape index (κ3) is 4.30. The molecule has 2 aromatic rings. The molecule has 0 saturated carbocycles. The minimum absolute atomic E-state index is 0.236. The second-order valence-corrected chi connectivity index (χ2v) is 5.87. The zero-order chi connectivity index (χ0) is 19.2. The summed E-state index contributed by atoms with van der Waals surface area (Å²) < 4.78 is 30.1. The Morgan fingerprint density at radius 3 is 2.11 bits per heavy atom. The van der Waals surface area contributed by atoms with Crippen molar-refractivity contribution in [1.29, 1.82) is 5.26 Å². The summed E-state index contributed by atoms with van der Waals surface area (Å²) in [5, 5.41) is 9.17. The largest absolute Gasteiger partial charge is 0.459 e. The lowest BCUT2D eigenvalue weighted by Gasteiger charge is -2.16. The van der Waals surface area contributed by atoms with E-state index in [-0.39, 0.29) is 5.56 Å². The van der Waals surface area contributed by atoms with Gasteiger partial charge in [-0.2, -0.15) is 5.26 Å². The Morgan fingerprint density at radius 1 is 1.00 bits per heavy atom. The van der Waals surface area contributed by atoms with Gasteiger partial charge in [-0.1, -0.05) is 36.4 Å². The molecule has 2 aromatic carbocycles. The maximum Gasteiger partial charge on any atom is 0.338 e. The number of carbonyl (C=O) groups excluding carboxylic acids is 2. The van der Waals surface area contributed by atoms with E-state index in [1.54, 1.807) is 54.6 Å². The SMILES string of the molecule is N#C[C@@H]1O[C@H](COC(=O)c2ccccc2)[C@H](F)[C@H]1OC(=O)c1ccccc1. The van der Waals surface area contributed by atoms with Gasteiger partial charge in [-0.25, -0.2) is 14.0 Å². The van der Waals surface area contributed by atoms with Crippen molar-refractivity contribution in [2.45, 2.75) is 24.5 Å². The number of nitriles is 1. The fourth-order valence-electron chi connectivity index (χ4n) is 2.66. The number of ether oxygens (including phenoxy) is 3. The van der Waals surface area contributed by atoms with E-state index >= 15 is 0 Å². The minimum atomic E-state index is -1.80. The molecule has 138 valence electrons. The van der Waals surface area contributed by atoms with E-state index in [0.717, 1.165) is 0 Å². The number of esters is 2. The zero-order valence-electron chi connectivity index (χ0n) is 14.2. The van der Waals surface area contributed by atoms with E-state index in [2.05, 4.69) is 0 Å². The predicted molar refractivity (Wildman–Crippen MR) is 91.5 cm³/mol. The number of rotatable bonds is 5. The molecule has 1 aliphatic rings. The molecule has 0 amide bonds. The van der Waals surface area contributed by atoms with Crippen LogP contribution in [0.5, 0.6) is 0 Å². The maximum atomic E-state index is 14.7. The molecular weight excluding hydrogens is 353 g/mol. The summed E-state index contributed by atoms with van der Waals surface area (Å²) in [6.45, 7) is -0.396. The number of alkyl halides is 1. The van der Waals surface area contributed by atoms with Crippen LogP contribution in [-0.2, 0) is 14.2 Å². The van der Waals surface area contributed by atoms with Gasteiger partial charge in [-0.05, 0) is 24.3 Å². The summed E-state index contributed by atoms with van der Waals surface area (Å²) in [6.07, 6.45) is -5.68. The van der Waals surface area contributed by atoms with Crippen molar-refractivity contribution >= 4 is 11.9 Å². The van der Waals surface area contributed by atoms with Crippen molar-refractivity contribution in [3.63, 3.8) is 0 Å². The van der Waals surface area contributed by atoms with Gasteiger partial charge in [0.1, 0.15) is 12.7 Å². The number of carbonyl (C=O) groups is 2. The van der Waals surface area contributed by atoms with E-state index in [1.807, 2.05) is 0 Å². The number of hydrogen-bond acceptors (Lipinski definition) is 6. The average molecular weight is 369 g/mol. The fraction of sp³-hybridized carbons (Fsp3) is 0.250. The quantitative estimate of drug-likeness (QED) is 0.754. The first-order chi connectivity index (χ1) is 13.1. The molecule has 7 heteroatoms. The molecule has 4 atom stereocenters. The first-order valence-electron chi connectivity index (χ1n) is 8.27. The summed E-state index contributed by atoms with van der Waals surface area (Å²) in [5.41, 5.74) is 0.551. The summed E-state index contributed by atoms with van der Waals surface area (Å²) in [4.78, 5) is 24.1. The first kappa shape index (κ1) is 18.5. The molecule has 0 bridgehead atoms. The topological polar surface area (TPSA) is 85.6 Å². The third-order valence-electron chi connectivity index (χ3n) is 4.06. The molecule has 0 spiro atoms. The summed E-state index contributed by atoms with van der Waals surface area (Å²) >= 11 is 0. The molecule has 0 unspecified atom stereocenters. The Hall–Kier alpha value is -3.24.